The minimum Gasteiger partial charge on any atom is -0.246 e. The van der Waals surface area contributed by atoms with Crippen LogP contribution in [0, 0.1) is 0 Å². The molecule has 1 aromatic heterocycles. The maximum absolute atomic E-state index is 4.26. The van der Waals surface area contributed by atoms with E-state index in [-0.39, 0.29) is 5.54 Å². The maximum atomic E-state index is 4.26. The lowest BCUT2D eigenvalue weighted by molar-refractivity contribution is 0.480. The fraction of sp³-hybridized carbons (Fsp3) is 0.667. The quantitative estimate of drug-likeness (QED) is 0.637. The van der Waals surface area contributed by atoms with Crippen LogP contribution in [0.2, 0.25) is 0 Å². The molecule has 1 heterocycles. The molecule has 54 valence electrons. The van der Waals surface area contributed by atoms with Crippen LogP contribution in [0.15, 0.2) is 12.7 Å². The van der Waals surface area contributed by atoms with Crippen molar-refractivity contribution in [2.24, 2.45) is 0 Å². The van der Waals surface area contributed by atoms with Crippen molar-refractivity contribution in [3.63, 3.8) is 0 Å². The van der Waals surface area contributed by atoms with Gasteiger partial charge in [0.25, 0.3) is 0 Å². The van der Waals surface area contributed by atoms with E-state index in [9.17, 15) is 0 Å². The van der Waals surface area contributed by atoms with E-state index in [0.717, 1.165) is 5.75 Å². The molecule has 0 unspecified atom stereocenters. The summed E-state index contributed by atoms with van der Waals surface area (Å²) in [5.41, 5.74) is 0.222. The average Bonchev–Trinajstić information content (AvgIpc) is 2.58. The molecule has 3 nitrogen and oxygen atoms in total. The molecule has 0 spiro atoms. The zero-order chi connectivity index (χ0) is 7.03. The van der Waals surface area contributed by atoms with Gasteiger partial charge in [0.2, 0.25) is 0 Å². The Morgan fingerprint density at radius 2 is 2.40 bits per heavy atom. The third-order valence-electron chi connectivity index (χ3n) is 2.03. The van der Waals surface area contributed by atoms with E-state index < -0.39 is 0 Å². The highest BCUT2D eigenvalue weighted by atomic mass is 32.1. The van der Waals surface area contributed by atoms with Gasteiger partial charge in [-0.25, -0.2) is 9.67 Å². The fourth-order valence-corrected chi connectivity index (χ4v) is 1.52. The molecule has 0 saturated heterocycles. The molecule has 10 heavy (non-hydrogen) atoms. The van der Waals surface area contributed by atoms with Crippen molar-refractivity contribution >= 4 is 12.6 Å². The van der Waals surface area contributed by atoms with Gasteiger partial charge in [0.1, 0.15) is 12.7 Å². The molecular formula is C6H9N3S. The number of nitrogens with zero attached hydrogens (tertiary/aromatic N) is 3. The first-order valence-electron chi connectivity index (χ1n) is 3.33. The van der Waals surface area contributed by atoms with Gasteiger partial charge in [-0.05, 0) is 12.8 Å². The summed E-state index contributed by atoms with van der Waals surface area (Å²) in [5.74, 6) is 0.871. The van der Waals surface area contributed by atoms with E-state index in [1.54, 1.807) is 12.7 Å². The van der Waals surface area contributed by atoms with Gasteiger partial charge in [-0.15, -0.1) is 0 Å². The second-order valence-electron chi connectivity index (χ2n) is 2.72. The first-order chi connectivity index (χ1) is 4.87. The Bertz CT molecular complexity index is 215. The van der Waals surface area contributed by atoms with Crippen LogP contribution in [0.1, 0.15) is 12.8 Å². The molecule has 1 aromatic rings. The molecule has 1 aliphatic rings. The lowest BCUT2D eigenvalue weighted by Crippen LogP contribution is -2.19. The Morgan fingerprint density at radius 1 is 1.60 bits per heavy atom. The Hall–Kier alpha value is -0.510. The van der Waals surface area contributed by atoms with Gasteiger partial charge < -0.3 is 0 Å². The number of rotatable bonds is 2. The molecule has 0 bridgehead atoms. The van der Waals surface area contributed by atoms with Crippen LogP contribution in [0.25, 0.3) is 0 Å². The van der Waals surface area contributed by atoms with Crippen LogP contribution < -0.4 is 0 Å². The van der Waals surface area contributed by atoms with Gasteiger partial charge in [-0.3, -0.25) is 0 Å². The summed E-state index contributed by atoms with van der Waals surface area (Å²) in [6.07, 6.45) is 5.73. The zero-order valence-corrected chi connectivity index (χ0v) is 6.46. The highest BCUT2D eigenvalue weighted by Crippen LogP contribution is 2.43. The van der Waals surface area contributed by atoms with Crippen molar-refractivity contribution < 1.29 is 0 Å². The molecule has 0 N–H and O–H groups in total. The Morgan fingerprint density at radius 3 is 2.80 bits per heavy atom. The highest BCUT2D eigenvalue weighted by molar-refractivity contribution is 7.80. The van der Waals surface area contributed by atoms with Crippen molar-refractivity contribution in [2.75, 3.05) is 5.75 Å². The van der Waals surface area contributed by atoms with Crippen molar-refractivity contribution in [1.29, 1.82) is 0 Å². The van der Waals surface area contributed by atoms with Crippen molar-refractivity contribution in [3.05, 3.63) is 12.7 Å². The van der Waals surface area contributed by atoms with Gasteiger partial charge in [0.15, 0.2) is 0 Å². The van der Waals surface area contributed by atoms with Crippen LogP contribution in [0.4, 0.5) is 0 Å². The molecule has 0 radical (unpaired) electrons. The monoisotopic (exact) mass is 155 g/mol. The normalized spacial score (nSPS) is 20.9. The molecular weight excluding hydrogens is 146 g/mol. The van der Waals surface area contributed by atoms with Crippen molar-refractivity contribution in [2.45, 2.75) is 18.4 Å². The molecule has 1 saturated carbocycles. The minimum atomic E-state index is 0.222. The topological polar surface area (TPSA) is 30.7 Å². The number of thiol groups is 1. The van der Waals surface area contributed by atoms with E-state index in [4.69, 9.17) is 0 Å². The number of hydrogen-bond acceptors (Lipinski definition) is 3. The maximum Gasteiger partial charge on any atom is 0.137 e. The molecule has 0 aromatic carbocycles. The Labute approximate surface area is 64.9 Å². The van der Waals surface area contributed by atoms with Gasteiger partial charge >= 0.3 is 0 Å². The summed E-state index contributed by atoms with van der Waals surface area (Å²) in [5, 5.41) is 4.08. The Kier molecular flexibility index (Phi) is 1.23. The molecule has 1 fully saturated rings. The standard InChI is InChI=1S/C6H9N3S/c10-3-6(1-2-6)9-5-7-4-8-9/h4-5,10H,1-3H2. The van der Waals surface area contributed by atoms with Gasteiger partial charge in [0.05, 0.1) is 5.54 Å². The van der Waals surface area contributed by atoms with Crippen LogP contribution in [-0.2, 0) is 5.54 Å². The fourth-order valence-electron chi connectivity index (χ4n) is 1.06. The second-order valence-corrected chi connectivity index (χ2v) is 3.04. The Balaban J connectivity index is 2.27. The first-order valence-corrected chi connectivity index (χ1v) is 3.97. The smallest absolute Gasteiger partial charge is 0.137 e. The summed E-state index contributed by atoms with van der Waals surface area (Å²) >= 11 is 4.26. The zero-order valence-electron chi connectivity index (χ0n) is 5.56. The molecule has 4 heteroatoms. The molecule has 0 amide bonds. The van der Waals surface area contributed by atoms with Crippen molar-refractivity contribution in [1.82, 2.24) is 14.8 Å². The second kappa shape index (κ2) is 1.99. The van der Waals surface area contributed by atoms with Crippen LogP contribution in [-0.4, -0.2) is 20.5 Å². The molecule has 1 aliphatic carbocycles. The van der Waals surface area contributed by atoms with E-state index in [1.807, 2.05) is 4.68 Å². The third-order valence-corrected chi connectivity index (χ3v) is 2.61. The summed E-state index contributed by atoms with van der Waals surface area (Å²) < 4.78 is 1.92. The predicted octanol–water partition coefficient (Wildman–Crippen LogP) is 0.697. The van der Waals surface area contributed by atoms with Crippen LogP contribution in [0.3, 0.4) is 0 Å². The van der Waals surface area contributed by atoms with Crippen LogP contribution >= 0.6 is 12.6 Å². The van der Waals surface area contributed by atoms with E-state index in [2.05, 4.69) is 22.7 Å². The molecule has 2 rings (SSSR count). The molecule has 0 atom stereocenters. The predicted molar refractivity (Wildman–Crippen MR) is 41.1 cm³/mol. The SMILES string of the molecule is SCC1(n2cncn2)CC1. The lowest BCUT2D eigenvalue weighted by Gasteiger charge is -2.10. The van der Waals surface area contributed by atoms with Crippen molar-refractivity contribution in [3.8, 4) is 0 Å². The van der Waals surface area contributed by atoms with Gasteiger partial charge in [-0.1, -0.05) is 0 Å². The van der Waals surface area contributed by atoms with E-state index in [0.29, 0.717) is 0 Å². The molecule has 0 aliphatic heterocycles. The summed E-state index contributed by atoms with van der Waals surface area (Å²) in [7, 11) is 0. The van der Waals surface area contributed by atoms with E-state index >= 15 is 0 Å². The summed E-state index contributed by atoms with van der Waals surface area (Å²) in [6, 6.07) is 0. The number of aromatic nitrogens is 3. The summed E-state index contributed by atoms with van der Waals surface area (Å²) in [6.45, 7) is 0. The lowest BCUT2D eigenvalue weighted by atomic mass is 10.3. The van der Waals surface area contributed by atoms with E-state index in [1.165, 1.54) is 12.8 Å². The van der Waals surface area contributed by atoms with Gasteiger partial charge in [-0.2, -0.15) is 17.7 Å². The third kappa shape index (κ3) is 0.751. The van der Waals surface area contributed by atoms with Crippen LogP contribution in [0.5, 0.6) is 0 Å². The average molecular weight is 155 g/mol. The minimum absolute atomic E-state index is 0.222. The first kappa shape index (κ1) is 6.22. The van der Waals surface area contributed by atoms with Gasteiger partial charge in [0, 0.05) is 5.75 Å². The largest absolute Gasteiger partial charge is 0.246 e. The number of hydrogen-bond donors (Lipinski definition) is 1. The highest BCUT2D eigenvalue weighted by Gasteiger charge is 2.44. The summed E-state index contributed by atoms with van der Waals surface area (Å²) in [4.78, 5) is 3.89.